The summed E-state index contributed by atoms with van der Waals surface area (Å²) >= 11 is 0. The molecule has 0 radical (unpaired) electrons. The van der Waals surface area contributed by atoms with E-state index in [0.29, 0.717) is 17.4 Å². The fraction of sp³-hybridized carbons (Fsp3) is 0.745. The highest BCUT2D eigenvalue weighted by Crippen LogP contribution is 2.43. The standard InChI is InChI=1S/C55H98NO8P/c1-6-8-10-12-14-16-18-20-22-24-26-27-28-29-30-32-34-36-38-40-42-44-46-48-55(58)64-53(52-63-65(59,60)62-50-49-56(3,4)5)51-61-54(57)47-45-43-41-39-37-35-33-31-25-23-21-19-17-15-13-11-9-7-2/h8,10,14,16,20,22,26-27,29-30,34,36,53H,6-7,9,11-13,15,17-19,21,23-25,28,31-33,35,37-52H2,1-5H3/p+1/b10-8-,16-14-,22-20-,27-26-,30-29-,36-34-. The number of likely N-dealkylation sites (N-methyl/N-ethyl adjacent to an activating group) is 1. The average Bonchev–Trinajstić information content (AvgIpc) is 3.26. The number of hydrogen-bond acceptors (Lipinski definition) is 7. The lowest BCUT2D eigenvalue weighted by atomic mass is 10.0. The number of unbranched alkanes of at least 4 members (excludes halogenated alkanes) is 21. The molecule has 9 nitrogen and oxygen atoms in total. The van der Waals surface area contributed by atoms with E-state index in [2.05, 4.69) is 86.8 Å². The van der Waals surface area contributed by atoms with Crippen molar-refractivity contribution in [3.8, 4) is 0 Å². The van der Waals surface area contributed by atoms with E-state index >= 15 is 0 Å². The van der Waals surface area contributed by atoms with Crippen molar-refractivity contribution in [2.24, 2.45) is 0 Å². The summed E-state index contributed by atoms with van der Waals surface area (Å²) in [6.45, 7) is 4.30. The zero-order valence-corrected chi connectivity index (χ0v) is 43.3. The molecule has 2 unspecified atom stereocenters. The number of phosphoric ester groups is 1. The molecule has 0 aromatic carbocycles. The van der Waals surface area contributed by atoms with Crippen LogP contribution >= 0.6 is 7.82 Å². The van der Waals surface area contributed by atoms with Gasteiger partial charge in [-0.3, -0.25) is 18.6 Å². The lowest BCUT2D eigenvalue weighted by Crippen LogP contribution is -2.37. The van der Waals surface area contributed by atoms with Crippen LogP contribution in [-0.4, -0.2) is 74.9 Å². The molecule has 0 aromatic rings. The first kappa shape index (κ1) is 62.4. The number of carbonyl (C=O) groups is 2. The molecule has 65 heavy (non-hydrogen) atoms. The van der Waals surface area contributed by atoms with Crippen LogP contribution < -0.4 is 0 Å². The minimum atomic E-state index is -4.39. The van der Waals surface area contributed by atoms with E-state index in [1.807, 2.05) is 21.1 Å². The van der Waals surface area contributed by atoms with Crippen molar-refractivity contribution in [1.82, 2.24) is 0 Å². The molecule has 0 saturated heterocycles. The van der Waals surface area contributed by atoms with E-state index in [1.54, 1.807) is 0 Å². The van der Waals surface area contributed by atoms with Crippen molar-refractivity contribution >= 4 is 19.8 Å². The number of ether oxygens (including phenoxy) is 2. The van der Waals surface area contributed by atoms with Crippen LogP contribution in [0.3, 0.4) is 0 Å². The van der Waals surface area contributed by atoms with Crippen LogP contribution in [0.25, 0.3) is 0 Å². The molecule has 0 heterocycles. The third-order valence-electron chi connectivity index (χ3n) is 11.0. The van der Waals surface area contributed by atoms with Gasteiger partial charge in [-0.05, 0) is 64.2 Å². The fourth-order valence-corrected chi connectivity index (χ4v) is 7.70. The highest BCUT2D eigenvalue weighted by molar-refractivity contribution is 7.47. The Hall–Kier alpha value is -2.55. The molecule has 0 aromatic heterocycles. The number of hydrogen-bond donors (Lipinski definition) is 1. The summed E-state index contributed by atoms with van der Waals surface area (Å²) < 4.78 is 34.5. The third kappa shape index (κ3) is 50.7. The Balaban J connectivity index is 4.31. The Morgan fingerprint density at radius 2 is 0.877 bits per heavy atom. The Kier molecular flexibility index (Phi) is 44.7. The number of esters is 2. The molecule has 0 bridgehead atoms. The first-order valence-electron chi connectivity index (χ1n) is 26.2. The predicted octanol–water partition coefficient (Wildman–Crippen LogP) is 15.8. The SMILES string of the molecule is CC/C=C\C/C=C\C/C=C\C/C=C\C/C=C\C/C=C\CCCCCCC(=O)OC(COC(=O)CCCCCCCCCCCCCCCCCCCC)COP(=O)(O)OCC[N+](C)(C)C. The Bertz CT molecular complexity index is 1330. The van der Waals surface area contributed by atoms with Crippen LogP contribution in [0.1, 0.15) is 213 Å². The van der Waals surface area contributed by atoms with Gasteiger partial charge < -0.3 is 18.9 Å². The monoisotopic (exact) mass is 933 g/mol. The van der Waals surface area contributed by atoms with Gasteiger partial charge in [0.25, 0.3) is 0 Å². The van der Waals surface area contributed by atoms with Gasteiger partial charge in [0.2, 0.25) is 0 Å². The molecule has 0 aliphatic carbocycles. The molecule has 10 heteroatoms. The zero-order chi connectivity index (χ0) is 47.8. The molecular weight excluding hydrogens is 834 g/mol. The van der Waals surface area contributed by atoms with Crippen LogP contribution in [0.4, 0.5) is 0 Å². The quantitative estimate of drug-likeness (QED) is 0.0211. The van der Waals surface area contributed by atoms with Crippen LogP contribution in [0.2, 0.25) is 0 Å². The van der Waals surface area contributed by atoms with E-state index in [9.17, 15) is 19.0 Å². The van der Waals surface area contributed by atoms with E-state index in [-0.39, 0.29) is 32.0 Å². The molecule has 1 N–H and O–H groups in total. The van der Waals surface area contributed by atoms with Crippen molar-refractivity contribution in [3.63, 3.8) is 0 Å². The van der Waals surface area contributed by atoms with Gasteiger partial charge in [-0.1, -0.05) is 209 Å². The molecule has 0 amide bonds. The van der Waals surface area contributed by atoms with Crippen LogP contribution in [-0.2, 0) is 32.7 Å². The van der Waals surface area contributed by atoms with Crippen LogP contribution in [0.15, 0.2) is 72.9 Å². The molecule has 0 rings (SSSR count). The maximum atomic E-state index is 12.8. The van der Waals surface area contributed by atoms with Gasteiger partial charge in [0, 0.05) is 12.8 Å². The third-order valence-corrected chi connectivity index (χ3v) is 12.0. The normalized spacial score (nSPS) is 14.0. The maximum absolute atomic E-state index is 12.8. The molecule has 376 valence electrons. The summed E-state index contributed by atoms with van der Waals surface area (Å²) in [5, 5.41) is 0. The fourth-order valence-electron chi connectivity index (χ4n) is 6.96. The van der Waals surface area contributed by atoms with Crippen molar-refractivity contribution in [3.05, 3.63) is 72.9 Å². The molecule has 0 saturated carbocycles. The van der Waals surface area contributed by atoms with Gasteiger partial charge in [-0.2, -0.15) is 0 Å². The second kappa shape index (κ2) is 46.6. The number of phosphoric acid groups is 1. The second-order valence-electron chi connectivity index (χ2n) is 18.5. The Morgan fingerprint density at radius 1 is 0.492 bits per heavy atom. The largest absolute Gasteiger partial charge is 0.472 e. The number of quaternary nitrogens is 1. The predicted molar refractivity (Wildman–Crippen MR) is 275 cm³/mol. The summed E-state index contributed by atoms with van der Waals surface area (Å²) in [7, 11) is 1.45. The summed E-state index contributed by atoms with van der Waals surface area (Å²) in [6, 6.07) is 0. The summed E-state index contributed by atoms with van der Waals surface area (Å²) in [4.78, 5) is 35.6. The van der Waals surface area contributed by atoms with E-state index < -0.39 is 26.5 Å². The molecule has 0 spiro atoms. The highest BCUT2D eigenvalue weighted by atomic mass is 31.2. The number of carbonyl (C=O) groups excluding carboxylic acids is 2. The number of rotatable bonds is 47. The molecule has 0 aliphatic heterocycles. The maximum Gasteiger partial charge on any atom is 0.472 e. The lowest BCUT2D eigenvalue weighted by molar-refractivity contribution is -0.870. The minimum Gasteiger partial charge on any atom is -0.462 e. The van der Waals surface area contributed by atoms with Crippen molar-refractivity contribution < 1.29 is 42.1 Å². The van der Waals surface area contributed by atoms with E-state index in [4.69, 9.17) is 18.5 Å². The van der Waals surface area contributed by atoms with Gasteiger partial charge in [0.05, 0.1) is 27.7 Å². The lowest BCUT2D eigenvalue weighted by Gasteiger charge is -2.24. The average molecular weight is 933 g/mol. The smallest absolute Gasteiger partial charge is 0.462 e. The van der Waals surface area contributed by atoms with Gasteiger partial charge in [0.1, 0.15) is 19.8 Å². The van der Waals surface area contributed by atoms with E-state index in [0.717, 1.165) is 83.5 Å². The summed E-state index contributed by atoms with van der Waals surface area (Å²) in [5.74, 6) is -0.824. The van der Waals surface area contributed by atoms with Crippen molar-refractivity contribution in [1.29, 1.82) is 0 Å². The van der Waals surface area contributed by atoms with Crippen LogP contribution in [0.5, 0.6) is 0 Å². The topological polar surface area (TPSA) is 108 Å². The second-order valence-corrected chi connectivity index (χ2v) is 20.0. The van der Waals surface area contributed by atoms with Crippen LogP contribution in [0, 0.1) is 0 Å². The minimum absolute atomic E-state index is 0.0240. The molecule has 0 fully saturated rings. The van der Waals surface area contributed by atoms with Gasteiger partial charge in [0.15, 0.2) is 6.10 Å². The molecular formula is C55H99NO8P+. The van der Waals surface area contributed by atoms with Crippen molar-refractivity contribution in [2.75, 3.05) is 47.5 Å². The first-order chi connectivity index (χ1) is 31.5. The van der Waals surface area contributed by atoms with Gasteiger partial charge in [-0.25, -0.2) is 4.57 Å². The first-order valence-corrected chi connectivity index (χ1v) is 27.7. The molecule has 2 atom stereocenters. The highest BCUT2D eigenvalue weighted by Gasteiger charge is 2.27. The zero-order valence-electron chi connectivity index (χ0n) is 42.5. The molecule has 0 aliphatic rings. The Morgan fingerprint density at radius 3 is 1.31 bits per heavy atom. The van der Waals surface area contributed by atoms with Gasteiger partial charge >= 0.3 is 19.8 Å². The summed E-state index contributed by atoms with van der Waals surface area (Å²) in [5.41, 5.74) is 0. The summed E-state index contributed by atoms with van der Waals surface area (Å²) in [6.07, 6.45) is 59.5. The van der Waals surface area contributed by atoms with Crippen molar-refractivity contribution in [2.45, 2.75) is 219 Å². The number of allylic oxidation sites excluding steroid dienone is 12. The van der Waals surface area contributed by atoms with Gasteiger partial charge in [-0.15, -0.1) is 0 Å². The number of nitrogens with zero attached hydrogens (tertiary/aromatic N) is 1. The Labute approximate surface area is 399 Å². The van der Waals surface area contributed by atoms with E-state index in [1.165, 1.54) is 96.3 Å².